The van der Waals surface area contributed by atoms with E-state index in [-0.39, 0.29) is 5.91 Å². The number of aromatic nitrogens is 1. The summed E-state index contributed by atoms with van der Waals surface area (Å²) in [6, 6.07) is 6.26. The van der Waals surface area contributed by atoms with E-state index in [0.717, 1.165) is 37.6 Å². The molecule has 7 nitrogen and oxygen atoms in total. The van der Waals surface area contributed by atoms with Crippen molar-refractivity contribution in [2.45, 2.75) is 38.1 Å². The number of ether oxygens (including phenoxy) is 2. The predicted octanol–water partition coefficient (Wildman–Crippen LogP) is 3.99. The fourth-order valence-corrected chi connectivity index (χ4v) is 5.04. The summed E-state index contributed by atoms with van der Waals surface area (Å²) in [5, 5.41) is 5.75. The first kappa shape index (κ1) is 20.9. The van der Waals surface area contributed by atoms with E-state index in [9.17, 15) is 4.79 Å². The normalized spacial score (nSPS) is 18.3. The minimum Gasteiger partial charge on any atom is -0.497 e. The molecule has 1 aliphatic heterocycles. The second-order valence-electron chi connectivity index (χ2n) is 7.85. The molecule has 0 unspecified atom stereocenters. The minimum atomic E-state index is 0.0179. The van der Waals surface area contributed by atoms with Gasteiger partial charge in [0.2, 0.25) is 0 Å². The van der Waals surface area contributed by atoms with Gasteiger partial charge in [0.25, 0.3) is 5.91 Å². The number of carbonyl (C=O) groups is 1. The Morgan fingerprint density at radius 1 is 1.10 bits per heavy atom. The molecule has 1 N–H and O–H groups in total. The lowest BCUT2D eigenvalue weighted by Crippen LogP contribution is -2.52. The van der Waals surface area contributed by atoms with Crippen LogP contribution in [-0.4, -0.2) is 67.1 Å². The Hall–Kier alpha value is -2.32. The van der Waals surface area contributed by atoms with Gasteiger partial charge in [-0.25, -0.2) is 4.98 Å². The molecule has 1 saturated heterocycles. The molecular weight excluding hydrogens is 400 g/mol. The first-order chi connectivity index (χ1) is 14.7. The van der Waals surface area contributed by atoms with Crippen LogP contribution in [0, 0.1) is 0 Å². The molecule has 1 saturated carbocycles. The molecule has 1 aromatic heterocycles. The number of methoxy groups -OCH3 is 2. The topological polar surface area (TPSA) is 66.9 Å². The summed E-state index contributed by atoms with van der Waals surface area (Å²) < 4.78 is 10.7. The van der Waals surface area contributed by atoms with Crippen molar-refractivity contribution >= 4 is 28.1 Å². The van der Waals surface area contributed by atoms with Gasteiger partial charge in [0.15, 0.2) is 5.13 Å². The third-order valence-corrected chi connectivity index (χ3v) is 6.82. The van der Waals surface area contributed by atoms with E-state index in [4.69, 9.17) is 9.47 Å². The first-order valence-electron chi connectivity index (χ1n) is 10.7. The van der Waals surface area contributed by atoms with Crippen LogP contribution in [0.1, 0.15) is 42.6 Å². The summed E-state index contributed by atoms with van der Waals surface area (Å²) in [6.07, 6.45) is 6.68. The average molecular weight is 431 g/mol. The molecule has 162 valence electrons. The average Bonchev–Trinajstić information content (AvgIpc) is 3.28. The zero-order chi connectivity index (χ0) is 20.9. The third kappa shape index (κ3) is 4.70. The number of hydrogen-bond acceptors (Lipinski definition) is 7. The molecule has 30 heavy (non-hydrogen) atoms. The third-order valence-electron chi connectivity index (χ3n) is 6.07. The van der Waals surface area contributed by atoms with Crippen molar-refractivity contribution in [3.05, 3.63) is 29.3 Å². The van der Waals surface area contributed by atoms with Crippen LogP contribution in [0.5, 0.6) is 11.5 Å². The first-order valence-corrected chi connectivity index (χ1v) is 11.5. The van der Waals surface area contributed by atoms with Crippen molar-refractivity contribution < 1.29 is 14.3 Å². The minimum absolute atomic E-state index is 0.0179. The Balaban J connectivity index is 1.35. The summed E-state index contributed by atoms with van der Waals surface area (Å²) in [6.45, 7) is 3.49. The predicted molar refractivity (Wildman–Crippen MR) is 119 cm³/mol. The van der Waals surface area contributed by atoms with Gasteiger partial charge < -0.3 is 19.7 Å². The number of carbonyl (C=O) groups excluding carboxylic acids is 1. The summed E-state index contributed by atoms with van der Waals surface area (Å²) >= 11 is 1.42. The molecule has 1 amide bonds. The number of nitrogens with zero attached hydrogens (tertiary/aromatic N) is 3. The standard InChI is InChI=1S/C22H30N4O3S/c1-28-17-8-9-18(20(14-17)29-2)23-22-24-19(15-30-22)21(27)26-12-10-25(11-13-26)16-6-4-3-5-7-16/h8-9,14-16H,3-7,10-13H2,1-2H3,(H,23,24). The van der Waals surface area contributed by atoms with Crippen LogP contribution in [0.25, 0.3) is 0 Å². The van der Waals surface area contributed by atoms with Crippen molar-refractivity contribution in [1.82, 2.24) is 14.8 Å². The fourth-order valence-electron chi connectivity index (χ4n) is 4.34. The molecule has 0 spiro atoms. The Labute approximate surface area is 182 Å². The number of hydrogen-bond donors (Lipinski definition) is 1. The van der Waals surface area contributed by atoms with Gasteiger partial charge in [-0.2, -0.15) is 0 Å². The number of piperazine rings is 1. The quantitative estimate of drug-likeness (QED) is 0.747. The zero-order valence-electron chi connectivity index (χ0n) is 17.7. The van der Waals surface area contributed by atoms with Gasteiger partial charge in [0.1, 0.15) is 17.2 Å². The van der Waals surface area contributed by atoms with Crippen LogP contribution >= 0.6 is 11.3 Å². The van der Waals surface area contributed by atoms with Gasteiger partial charge in [-0.1, -0.05) is 19.3 Å². The number of rotatable bonds is 6. The summed E-state index contributed by atoms with van der Waals surface area (Å²) in [7, 11) is 3.24. The molecule has 0 atom stereocenters. The molecule has 4 rings (SSSR count). The van der Waals surface area contributed by atoms with Crippen LogP contribution in [0.3, 0.4) is 0 Å². The lowest BCUT2D eigenvalue weighted by atomic mass is 9.94. The van der Waals surface area contributed by atoms with Crippen LogP contribution in [0.4, 0.5) is 10.8 Å². The van der Waals surface area contributed by atoms with Crippen LogP contribution in [-0.2, 0) is 0 Å². The molecule has 2 aliphatic rings. The van der Waals surface area contributed by atoms with Crippen molar-refractivity contribution in [3.8, 4) is 11.5 Å². The van der Waals surface area contributed by atoms with Gasteiger partial charge in [-0.05, 0) is 25.0 Å². The molecule has 8 heteroatoms. The van der Waals surface area contributed by atoms with E-state index >= 15 is 0 Å². The molecule has 1 aromatic carbocycles. The Bertz CT molecular complexity index is 858. The summed E-state index contributed by atoms with van der Waals surface area (Å²) in [5.41, 5.74) is 1.29. The highest BCUT2D eigenvalue weighted by Crippen LogP contribution is 2.32. The smallest absolute Gasteiger partial charge is 0.273 e. The second-order valence-corrected chi connectivity index (χ2v) is 8.71. The van der Waals surface area contributed by atoms with Crippen molar-refractivity contribution in [1.29, 1.82) is 0 Å². The van der Waals surface area contributed by atoms with E-state index in [2.05, 4.69) is 15.2 Å². The van der Waals surface area contributed by atoms with Crippen molar-refractivity contribution in [2.75, 3.05) is 45.7 Å². The number of nitrogens with one attached hydrogen (secondary N) is 1. The van der Waals surface area contributed by atoms with E-state index in [0.29, 0.717) is 22.6 Å². The highest BCUT2D eigenvalue weighted by Gasteiger charge is 2.28. The van der Waals surface area contributed by atoms with Gasteiger partial charge in [0, 0.05) is 43.7 Å². The lowest BCUT2D eigenvalue weighted by Gasteiger charge is -2.40. The van der Waals surface area contributed by atoms with Crippen molar-refractivity contribution in [3.63, 3.8) is 0 Å². The van der Waals surface area contributed by atoms with Crippen molar-refractivity contribution in [2.24, 2.45) is 0 Å². The number of amides is 1. The number of benzene rings is 1. The van der Waals surface area contributed by atoms with E-state index < -0.39 is 0 Å². The van der Waals surface area contributed by atoms with Crippen LogP contribution < -0.4 is 14.8 Å². The maximum atomic E-state index is 12.9. The van der Waals surface area contributed by atoms with Gasteiger partial charge in [-0.3, -0.25) is 9.69 Å². The molecule has 2 heterocycles. The largest absolute Gasteiger partial charge is 0.497 e. The van der Waals surface area contributed by atoms with E-state index in [1.807, 2.05) is 28.5 Å². The van der Waals surface area contributed by atoms with E-state index in [1.165, 1.54) is 43.4 Å². The lowest BCUT2D eigenvalue weighted by molar-refractivity contribution is 0.0519. The fraction of sp³-hybridized carbons (Fsp3) is 0.545. The van der Waals surface area contributed by atoms with Gasteiger partial charge >= 0.3 is 0 Å². The van der Waals surface area contributed by atoms with E-state index in [1.54, 1.807) is 14.2 Å². The van der Waals surface area contributed by atoms with Crippen LogP contribution in [0.2, 0.25) is 0 Å². The Morgan fingerprint density at radius 3 is 2.57 bits per heavy atom. The molecule has 1 aliphatic carbocycles. The summed E-state index contributed by atoms with van der Waals surface area (Å²) in [5.74, 6) is 1.40. The molecule has 2 aromatic rings. The van der Waals surface area contributed by atoms with Gasteiger partial charge in [-0.15, -0.1) is 11.3 Å². The zero-order valence-corrected chi connectivity index (χ0v) is 18.5. The molecule has 0 radical (unpaired) electrons. The monoisotopic (exact) mass is 430 g/mol. The molecule has 2 fully saturated rings. The number of thiazole rings is 1. The Kier molecular flexibility index (Phi) is 6.74. The highest BCUT2D eigenvalue weighted by atomic mass is 32.1. The maximum Gasteiger partial charge on any atom is 0.273 e. The molecule has 0 bridgehead atoms. The number of anilines is 2. The second kappa shape index (κ2) is 9.66. The SMILES string of the molecule is COc1ccc(Nc2nc(C(=O)N3CCN(C4CCCCC4)CC3)cs2)c(OC)c1. The Morgan fingerprint density at radius 2 is 1.87 bits per heavy atom. The highest BCUT2D eigenvalue weighted by molar-refractivity contribution is 7.14. The van der Waals surface area contributed by atoms with Crippen LogP contribution in [0.15, 0.2) is 23.6 Å². The van der Waals surface area contributed by atoms with Gasteiger partial charge in [0.05, 0.1) is 19.9 Å². The molecular formula is C22H30N4O3S. The summed E-state index contributed by atoms with van der Waals surface area (Å²) in [4.78, 5) is 22.0. The maximum absolute atomic E-state index is 12.9.